The summed E-state index contributed by atoms with van der Waals surface area (Å²) in [4.78, 5) is 0. The van der Waals surface area contributed by atoms with Crippen LogP contribution in [0.5, 0.6) is 0 Å². The van der Waals surface area contributed by atoms with Gasteiger partial charge in [-0.2, -0.15) is 0 Å². The molecule has 2 heterocycles. The van der Waals surface area contributed by atoms with E-state index >= 15 is 0 Å². The molecule has 2 bridgehead atoms. The second kappa shape index (κ2) is 5.19. The molecule has 4 fully saturated rings. The predicted octanol–water partition coefficient (Wildman–Crippen LogP) is 2.26. The average molecular weight is 296 g/mol. The van der Waals surface area contributed by atoms with Crippen molar-refractivity contribution in [2.24, 2.45) is 22.7 Å². The molecular formula is C17H28O4. The highest BCUT2D eigenvalue weighted by Gasteiger charge is 2.51. The number of ether oxygens (including phenoxy) is 4. The van der Waals surface area contributed by atoms with Gasteiger partial charge in [0, 0.05) is 10.8 Å². The highest BCUT2D eigenvalue weighted by Crippen LogP contribution is 2.48. The van der Waals surface area contributed by atoms with Crippen LogP contribution in [0.4, 0.5) is 0 Å². The van der Waals surface area contributed by atoms with Crippen LogP contribution in [-0.2, 0) is 18.9 Å². The first kappa shape index (κ1) is 14.4. The quantitative estimate of drug-likeness (QED) is 0.753. The van der Waals surface area contributed by atoms with E-state index in [0.717, 1.165) is 51.5 Å². The molecule has 2 saturated heterocycles. The lowest BCUT2D eigenvalue weighted by Gasteiger charge is -2.42. The summed E-state index contributed by atoms with van der Waals surface area (Å²) < 4.78 is 23.3. The number of hydrogen-bond donors (Lipinski definition) is 0. The van der Waals surface area contributed by atoms with Crippen molar-refractivity contribution >= 4 is 0 Å². The maximum absolute atomic E-state index is 6.34. The first-order chi connectivity index (χ1) is 10.1. The Morgan fingerprint density at radius 2 is 1.24 bits per heavy atom. The summed E-state index contributed by atoms with van der Waals surface area (Å²) in [5.41, 5.74) is 0.473. The topological polar surface area (TPSA) is 36.9 Å². The van der Waals surface area contributed by atoms with Gasteiger partial charge in [-0.15, -0.1) is 0 Å². The van der Waals surface area contributed by atoms with Gasteiger partial charge in [0.15, 0.2) is 0 Å². The van der Waals surface area contributed by atoms with Crippen LogP contribution in [0.3, 0.4) is 0 Å². The maximum Gasteiger partial charge on any atom is 0.0867 e. The summed E-state index contributed by atoms with van der Waals surface area (Å²) in [5, 5.41) is 0. The third kappa shape index (κ3) is 2.65. The summed E-state index contributed by atoms with van der Waals surface area (Å²) in [6, 6.07) is 0. The van der Waals surface area contributed by atoms with E-state index < -0.39 is 0 Å². The number of rotatable bonds is 6. The van der Waals surface area contributed by atoms with Crippen molar-refractivity contribution < 1.29 is 18.9 Å². The molecule has 120 valence electrons. The van der Waals surface area contributed by atoms with Crippen LogP contribution in [0.2, 0.25) is 0 Å². The van der Waals surface area contributed by atoms with Crippen LogP contribution >= 0.6 is 0 Å². The van der Waals surface area contributed by atoms with E-state index in [2.05, 4.69) is 13.8 Å². The molecular weight excluding hydrogens is 268 g/mol. The third-order valence-corrected chi connectivity index (χ3v) is 5.82. The third-order valence-electron chi connectivity index (χ3n) is 5.82. The predicted molar refractivity (Wildman–Crippen MR) is 78.2 cm³/mol. The molecule has 0 N–H and O–H groups in total. The van der Waals surface area contributed by atoms with E-state index in [4.69, 9.17) is 18.9 Å². The molecule has 0 radical (unpaired) electrons. The summed E-state index contributed by atoms with van der Waals surface area (Å²) in [5.74, 6) is 1.44. The molecule has 2 aliphatic heterocycles. The standard InChI is InChI=1S/C17H28O4/c1-16(6-18-7-16)10-20-14-12-3-4-13(5-12)15(14)21-11-17(2)8-19-9-17/h12-15H,3-11H2,1-2H3. The van der Waals surface area contributed by atoms with Gasteiger partial charge in [-0.1, -0.05) is 13.8 Å². The summed E-state index contributed by atoms with van der Waals surface area (Å²) in [6.07, 6.45) is 4.57. The van der Waals surface area contributed by atoms with Crippen molar-refractivity contribution in [3.05, 3.63) is 0 Å². The van der Waals surface area contributed by atoms with E-state index in [1.807, 2.05) is 0 Å². The Hall–Kier alpha value is -0.160. The summed E-state index contributed by atoms with van der Waals surface area (Å²) in [7, 11) is 0. The van der Waals surface area contributed by atoms with E-state index in [9.17, 15) is 0 Å². The van der Waals surface area contributed by atoms with Crippen molar-refractivity contribution in [2.75, 3.05) is 39.6 Å². The van der Waals surface area contributed by atoms with Crippen molar-refractivity contribution in [1.29, 1.82) is 0 Å². The fourth-order valence-electron chi connectivity index (χ4n) is 4.31. The van der Waals surface area contributed by atoms with Crippen LogP contribution < -0.4 is 0 Å². The van der Waals surface area contributed by atoms with E-state index in [1.54, 1.807) is 0 Å². The molecule has 4 rings (SSSR count). The van der Waals surface area contributed by atoms with Crippen LogP contribution in [0, 0.1) is 22.7 Å². The minimum atomic E-state index is 0.236. The Bertz CT molecular complexity index is 352. The fourth-order valence-corrected chi connectivity index (χ4v) is 4.31. The van der Waals surface area contributed by atoms with Gasteiger partial charge in [0.1, 0.15) is 0 Å². The number of hydrogen-bond acceptors (Lipinski definition) is 4. The van der Waals surface area contributed by atoms with Crippen LogP contribution in [-0.4, -0.2) is 51.8 Å². The Morgan fingerprint density at radius 3 is 1.57 bits per heavy atom. The highest BCUT2D eigenvalue weighted by atomic mass is 16.6. The molecule has 0 amide bonds. The first-order valence-corrected chi connectivity index (χ1v) is 8.46. The average Bonchev–Trinajstić information content (AvgIpc) is 2.99. The molecule has 4 atom stereocenters. The lowest BCUT2D eigenvalue weighted by atomic mass is 9.88. The van der Waals surface area contributed by atoms with Crippen molar-refractivity contribution in [3.8, 4) is 0 Å². The lowest BCUT2D eigenvalue weighted by molar-refractivity contribution is -0.193. The Morgan fingerprint density at radius 1 is 0.810 bits per heavy atom. The van der Waals surface area contributed by atoms with Crippen molar-refractivity contribution in [2.45, 2.75) is 45.3 Å². The van der Waals surface area contributed by atoms with Crippen molar-refractivity contribution in [3.63, 3.8) is 0 Å². The van der Waals surface area contributed by atoms with Crippen LogP contribution in [0.1, 0.15) is 33.1 Å². The molecule has 4 heteroatoms. The fraction of sp³-hybridized carbons (Fsp3) is 1.00. The molecule has 0 aromatic carbocycles. The smallest absolute Gasteiger partial charge is 0.0867 e. The Labute approximate surface area is 127 Å². The summed E-state index contributed by atoms with van der Waals surface area (Å²) in [6.45, 7) is 9.52. The van der Waals surface area contributed by atoms with Gasteiger partial charge in [-0.25, -0.2) is 0 Å². The molecule has 0 spiro atoms. The van der Waals surface area contributed by atoms with E-state index in [-0.39, 0.29) is 10.8 Å². The molecule has 4 aliphatic rings. The van der Waals surface area contributed by atoms with Gasteiger partial charge >= 0.3 is 0 Å². The molecule has 0 aromatic heterocycles. The zero-order valence-corrected chi connectivity index (χ0v) is 13.3. The van der Waals surface area contributed by atoms with E-state index in [1.165, 1.54) is 19.3 Å². The molecule has 4 unspecified atom stereocenters. The van der Waals surface area contributed by atoms with Crippen LogP contribution in [0.15, 0.2) is 0 Å². The minimum absolute atomic E-state index is 0.236. The maximum atomic E-state index is 6.34. The van der Waals surface area contributed by atoms with Crippen molar-refractivity contribution in [1.82, 2.24) is 0 Å². The lowest BCUT2D eigenvalue weighted by Crippen LogP contribution is -2.49. The second-order valence-electron chi connectivity index (χ2n) is 8.49. The molecule has 0 aromatic rings. The highest BCUT2D eigenvalue weighted by molar-refractivity contribution is 5.00. The van der Waals surface area contributed by atoms with Gasteiger partial charge in [0.05, 0.1) is 51.8 Å². The van der Waals surface area contributed by atoms with Gasteiger partial charge < -0.3 is 18.9 Å². The van der Waals surface area contributed by atoms with Gasteiger partial charge in [-0.3, -0.25) is 0 Å². The zero-order valence-electron chi connectivity index (χ0n) is 13.3. The Balaban J connectivity index is 1.34. The first-order valence-electron chi connectivity index (χ1n) is 8.46. The molecule has 4 nitrogen and oxygen atoms in total. The Kier molecular flexibility index (Phi) is 3.57. The SMILES string of the molecule is CC1(COC2C3CCC(C3)C2OCC2(C)COC2)COC1. The normalized spacial score (nSPS) is 42.6. The van der Waals surface area contributed by atoms with Gasteiger partial charge in [-0.05, 0) is 31.1 Å². The molecule has 21 heavy (non-hydrogen) atoms. The van der Waals surface area contributed by atoms with Gasteiger partial charge in [0.25, 0.3) is 0 Å². The summed E-state index contributed by atoms with van der Waals surface area (Å²) >= 11 is 0. The monoisotopic (exact) mass is 296 g/mol. The van der Waals surface area contributed by atoms with E-state index in [0.29, 0.717) is 12.2 Å². The zero-order chi connectivity index (χ0) is 14.5. The van der Waals surface area contributed by atoms with Crippen LogP contribution in [0.25, 0.3) is 0 Å². The molecule has 2 saturated carbocycles. The second-order valence-corrected chi connectivity index (χ2v) is 8.49. The number of fused-ring (bicyclic) bond motifs is 2. The largest absolute Gasteiger partial charge is 0.380 e. The van der Waals surface area contributed by atoms with Gasteiger partial charge in [0.2, 0.25) is 0 Å². The minimum Gasteiger partial charge on any atom is -0.380 e. The molecule has 2 aliphatic carbocycles.